The second kappa shape index (κ2) is 12.6. The van der Waals surface area contributed by atoms with E-state index in [1.165, 1.54) is 16.4 Å². The lowest BCUT2D eigenvalue weighted by Crippen LogP contribution is -2.38. The summed E-state index contributed by atoms with van der Waals surface area (Å²) >= 11 is 6.57. The Kier molecular flexibility index (Phi) is 8.42. The van der Waals surface area contributed by atoms with Crippen molar-refractivity contribution in [1.82, 2.24) is 19.3 Å². The molecule has 0 saturated heterocycles. The maximum atomic E-state index is 13.6. The number of halogens is 1. The number of hydrogen-bond donors (Lipinski definition) is 4. The summed E-state index contributed by atoms with van der Waals surface area (Å²) < 4.78 is 28.4. The number of anilines is 3. The van der Waals surface area contributed by atoms with Crippen LogP contribution in [0.1, 0.15) is 25.7 Å². The number of aromatic nitrogens is 3. The lowest BCUT2D eigenvalue weighted by molar-refractivity contribution is -0.120. The number of benzene rings is 3. The van der Waals surface area contributed by atoms with Crippen LogP contribution in [-0.4, -0.2) is 45.5 Å². The zero-order chi connectivity index (χ0) is 31.6. The lowest BCUT2D eigenvalue weighted by atomic mass is 9.85. The van der Waals surface area contributed by atoms with E-state index < -0.39 is 16.1 Å². The van der Waals surface area contributed by atoms with Crippen LogP contribution in [0.4, 0.5) is 22.1 Å². The summed E-state index contributed by atoms with van der Waals surface area (Å²) in [4.78, 5) is 32.9. The van der Waals surface area contributed by atoms with Crippen molar-refractivity contribution < 1.29 is 23.1 Å². The first-order valence-corrected chi connectivity index (χ1v) is 16.1. The Balaban J connectivity index is 1.23. The molecule has 1 fully saturated rings. The molecule has 0 atom stereocenters. The molecule has 0 unspecified atom stereocenters. The lowest BCUT2D eigenvalue weighted by Gasteiger charge is -2.27. The van der Waals surface area contributed by atoms with Gasteiger partial charge in [0.1, 0.15) is 0 Å². The van der Waals surface area contributed by atoms with Crippen LogP contribution in [0.2, 0.25) is 5.02 Å². The monoisotopic (exact) mass is 644 g/mol. The van der Waals surface area contributed by atoms with Crippen LogP contribution in [-0.2, 0) is 14.8 Å². The number of rotatable bonds is 8. The van der Waals surface area contributed by atoms with E-state index in [1.807, 2.05) is 12.1 Å². The number of carbonyl (C=O) groups is 2. The third-order valence-electron chi connectivity index (χ3n) is 7.79. The predicted octanol–water partition coefficient (Wildman–Crippen LogP) is 6.50. The fraction of sp³-hybridized carbons (Fsp3) is 0.188. The number of para-hydroxylation sites is 1. The number of amides is 2. The number of hydrogen-bond acceptors (Lipinski definition) is 7. The molecule has 1 saturated carbocycles. The molecule has 2 aromatic heterocycles. The number of nitrogens with one attached hydrogen (secondary N) is 3. The number of carbonyl (C=O) groups excluding carboxylic acids is 1. The van der Waals surface area contributed by atoms with Gasteiger partial charge in [-0.1, -0.05) is 54.1 Å². The molecule has 3 aromatic carbocycles. The summed E-state index contributed by atoms with van der Waals surface area (Å²) in [5.41, 5.74) is 2.55. The van der Waals surface area contributed by atoms with Crippen molar-refractivity contribution in [3.63, 3.8) is 0 Å². The molecule has 2 heterocycles. The molecular weight excluding hydrogens is 616 g/mol. The normalized spacial score (nSPS) is 16.6. The summed E-state index contributed by atoms with van der Waals surface area (Å²) in [6.07, 6.45) is 4.33. The van der Waals surface area contributed by atoms with E-state index in [-0.39, 0.29) is 33.7 Å². The zero-order valence-corrected chi connectivity index (χ0v) is 25.4. The van der Waals surface area contributed by atoms with E-state index in [2.05, 4.69) is 25.9 Å². The highest BCUT2D eigenvalue weighted by atomic mass is 35.5. The maximum Gasteiger partial charge on any atom is 0.404 e. The van der Waals surface area contributed by atoms with Crippen LogP contribution in [0.3, 0.4) is 0 Å². The summed E-state index contributed by atoms with van der Waals surface area (Å²) in [6.45, 7) is 0. The van der Waals surface area contributed by atoms with Gasteiger partial charge in [-0.25, -0.2) is 27.2 Å². The Hall–Kier alpha value is -4.94. The molecule has 2 amide bonds. The minimum atomic E-state index is -3.90. The average molecular weight is 645 g/mol. The zero-order valence-electron chi connectivity index (χ0n) is 23.9. The van der Waals surface area contributed by atoms with Crippen molar-refractivity contribution in [2.75, 3.05) is 10.6 Å². The van der Waals surface area contributed by atoms with Crippen LogP contribution in [0.15, 0.2) is 96.2 Å². The van der Waals surface area contributed by atoms with Gasteiger partial charge in [-0.2, -0.15) is 0 Å². The quantitative estimate of drug-likeness (QED) is 0.149. The van der Waals surface area contributed by atoms with Crippen molar-refractivity contribution in [2.45, 2.75) is 36.6 Å². The van der Waals surface area contributed by atoms with E-state index in [9.17, 15) is 18.0 Å². The molecule has 0 aliphatic heterocycles. The van der Waals surface area contributed by atoms with Crippen molar-refractivity contribution >= 4 is 61.9 Å². The Morgan fingerprint density at radius 2 is 1.62 bits per heavy atom. The van der Waals surface area contributed by atoms with Crippen LogP contribution in [0.5, 0.6) is 0 Å². The molecule has 11 nitrogen and oxygen atoms in total. The Morgan fingerprint density at radius 1 is 0.911 bits per heavy atom. The third-order valence-corrected chi connectivity index (χ3v) is 9.75. The SMILES string of the molecule is O=C(O)N[C@H]1CC[C@H](C(=O)Nc2cccc(Nc3ncc(Cl)c(-c4cn(S(=O)(=O)c5ccccc5)c5ccccc45)n3)c2)CC1. The first-order chi connectivity index (χ1) is 21.7. The fourth-order valence-electron chi connectivity index (χ4n) is 5.58. The van der Waals surface area contributed by atoms with Gasteiger partial charge >= 0.3 is 6.09 Å². The van der Waals surface area contributed by atoms with Crippen LogP contribution in [0, 0.1) is 5.92 Å². The molecule has 1 aliphatic carbocycles. The molecule has 45 heavy (non-hydrogen) atoms. The van der Waals surface area contributed by atoms with Gasteiger partial charge in [-0.05, 0) is 62.1 Å². The third kappa shape index (κ3) is 6.47. The highest BCUT2D eigenvalue weighted by molar-refractivity contribution is 7.90. The molecule has 230 valence electrons. The molecule has 0 radical (unpaired) electrons. The second-order valence-electron chi connectivity index (χ2n) is 10.8. The van der Waals surface area contributed by atoms with Gasteiger partial charge in [0.25, 0.3) is 10.0 Å². The molecular formula is C32H29ClN6O5S. The van der Waals surface area contributed by atoms with Gasteiger partial charge in [-0.3, -0.25) is 4.79 Å². The van der Waals surface area contributed by atoms with Gasteiger partial charge in [-0.15, -0.1) is 0 Å². The minimum absolute atomic E-state index is 0.118. The maximum absolute atomic E-state index is 13.6. The van der Waals surface area contributed by atoms with Gasteiger partial charge in [0, 0.05) is 40.5 Å². The van der Waals surface area contributed by atoms with E-state index in [0.29, 0.717) is 59.2 Å². The van der Waals surface area contributed by atoms with Gasteiger partial charge < -0.3 is 21.1 Å². The Bertz CT molecular complexity index is 1990. The van der Waals surface area contributed by atoms with Crippen LogP contribution >= 0.6 is 11.6 Å². The minimum Gasteiger partial charge on any atom is -0.465 e. The molecule has 1 aliphatic rings. The molecule has 4 N–H and O–H groups in total. The molecule has 0 bridgehead atoms. The molecule has 13 heteroatoms. The van der Waals surface area contributed by atoms with Crippen LogP contribution in [0.25, 0.3) is 22.2 Å². The van der Waals surface area contributed by atoms with Gasteiger partial charge in [0.2, 0.25) is 11.9 Å². The largest absolute Gasteiger partial charge is 0.465 e. The molecule has 5 aromatic rings. The standard InChI is InChI=1S/C32H29ClN6O5S/c33-27-18-34-31(36-23-8-6-7-22(17-23)35-30(40)20-13-15-21(16-14-20)37-32(41)42)38-29(27)26-19-39(28-12-5-4-11-25(26)28)45(43,44)24-9-2-1-3-10-24/h1-12,17-21,37H,13-16H2,(H,35,40)(H,41,42)(H,34,36,38)/t20-,21-. The van der Waals surface area contributed by atoms with E-state index in [0.717, 1.165) is 0 Å². The summed E-state index contributed by atoms with van der Waals surface area (Å²) in [7, 11) is -3.90. The van der Waals surface area contributed by atoms with E-state index in [4.69, 9.17) is 16.7 Å². The summed E-state index contributed by atoms with van der Waals surface area (Å²) in [5.74, 6) is -0.0962. The highest BCUT2D eigenvalue weighted by Gasteiger charge is 2.27. The molecule has 6 rings (SSSR count). The van der Waals surface area contributed by atoms with Gasteiger partial charge in [0.05, 0.1) is 27.3 Å². The summed E-state index contributed by atoms with van der Waals surface area (Å²) in [6, 6.07) is 22.3. The first-order valence-electron chi connectivity index (χ1n) is 14.3. The number of fused-ring (bicyclic) bond motifs is 1. The fourth-order valence-corrected chi connectivity index (χ4v) is 7.17. The number of carboxylic acid groups (broad SMARTS) is 1. The predicted molar refractivity (Wildman–Crippen MR) is 172 cm³/mol. The van der Waals surface area contributed by atoms with E-state index >= 15 is 0 Å². The first kappa shape index (κ1) is 30.1. The van der Waals surface area contributed by atoms with Gasteiger partial charge in [0.15, 0.2) is 0 Å². The number of nitrogens with zero attached hydrogens (tertiary/aromatic N) is 3. The molecule has 0 spiro atoms. The van der Waals surface area contributed by atoms with Crippen molar-refractivity contribution in [3.8, 4) is 11.3 Å². The van der Waals surface area contributed by atoms with Crippen molar-refractivity contribution in [3.05, 3.63) is 96.3 Å². The smallest absolute Gasteiger partial charge is 0.404 e. The second-order valence-corrected chi connectivity index (χ2v) is 13.0. The Morgan fingerprint density at radius 3 is 2.38 bits per heavy atom. The van der Waals surface area contributed by atoms with Crippen molar-refractivity contribution in [2.24, 2.45) is 5.92 Å². The average Bonchev–Trinajstić information content (AvgIpc) is 3.43. The van der Waals surface area contributed by atoms with Crippen molar-refractivity contribution in [1.29, 1.82) is 0 Å². The highest BCUT2D eigenvalue weighted by Crippen LogP contribution is 2.36. The topological polar surface area (TPSA) is 155 Å². The Labute approximate surface area is 264 Å². The summed E-state index contributed by atoms with van der Waals surface area (Å²) in [5, 5.41) is 18.4. The van der Waals surface area contributed by atoms with Crippen LogP contribution < -0.4 is 16.0 Å². The van der Waals surface area contributed by atoms with E-state index in [1.54, 1.807) is 66.7 Å².